The molecule has 0 spiro atoms. The fourth-order valence-corrected chi connectivity index (χ4v) is 3.01. The molecule has 0 saturated heterocycles. The molecule has 0 aliphatic heterocycles. The van der Waals surface area contributed by atoms with Crippen LogP contribution in [0.3, 0.4) is 0 Å². The van der Waals surface area contributed by atoms with Crippen LogP contribution in [0.25, 0.3) is 16.4 Å². The van der Waals surface area contributed by atoms with Crippen LogP contribution in [0.2, 0.25) is 0 Å². The monoisotopic (exact) mass is 333 g/mol. The van der Waals surface area contributed by atoms with Crippen LogP contribution in [0.15, 0.2) is 42.6 Å². The lowest BCUT2D eigenvalue weighted by Crippen LogP contribution is -2.05. The number of ether oxygens (including phenoxy) is 1. The minimum atomic E-state index is -3.62. The van der Waals surface area contributed by atoms with E-state index in [9.17, 15) is 13.2 Å². The molecule has 0 unspecified atom stereocenters. The van der Waals surface area contributed by atoms with Gasteiger partial charge >= 0.3 is 16.1 Å². The predicted octanol–water partition coefficient (Wildman–Crippen LogP) is 2.61. The van der Waals surface area contributed by atoms with Gasteiger partial charge in [-0.2, -0.15) is 8.42 Å². The molecule has 0 amide bonds. The molecule has 0 fully saturated rings. The van der Waals surface area contributed by atoms with E-state index in [1.54, 1.807) is 29.7 Å². The molecule has 0 aliphatic rings. The number of aromatic nitrogens is 1. The Bertz CT molecular complexity index is 1000. The maximum Gasteiger partial charge on any atom is 0.340 e. The van der Waals surface area contributed by atoms with Gasteiger partial charge in [0.05, 0.1) is 29.5 Å². The maximum absolute atomic E-state index is 12.3. The summed E-state index contributed by atoms with van der Waals surface area (Å²) in [5.74, 6) is -0.221. The molecule has 6 nitrogen and oxygen atoms in total. The van der Waals surface area contributed by atoms with Gasteiger partial charge in [-0.05, 0) is 31.2 Å². The number of rotatable bonds is 4. The Morgan fingerprint density at radius 2 is 1.96 bits per heavy atom. The summed E-state index contributed by atoms with van der Waals surface area (Å²) in [6, 6.07) is 10.2. The summed E-state index contributed by atoms with van der Waals surface area (Å²) in [5.41, 5.74) is 1.82. The topological polar surface area (TPSA) is 74.1 Å². The van der Waals surface area contributed by atoms with Crippen molar-refractivity contribution in [3.05, 3.63) is 48.2 Å². The normalized spacial score (nSPS) is 11.7. The quantitative estimate of drug-likeness (QED) is 0.542. The molecule has 7 heteroatoms. The lowest BCUT2D eigenvalue weighted by molar-refractivity contribution is 0.0531. The average molecular weight is 333 g/mol. The number of carbonyl (C=O) groups excluding carboxylic acids is 1. The highest BCUT2D eigenvalue weighted by atomic mass is 32.2. The number of fused-ring (bicyclic) bond motifs is 3. The summed E-state index contributed by atoms with van der Waals surface area (Å²) in [4.78, 5) is 12.3. The third kappa shape index (κ3) is 2.87. The summed E-state index contributed by atoms with van der Waals surface area (Å²) in [7, 11) is -3.62. The smallest absolute Gasteiger partial charge is 0.340 e. The zero-order valence-corrected chi connectivity index (χ0v) is 13.5. The highest BCUT2D eigenvalue weighted by Crippen LogP contribution is 2.30. The van der Waals surface area contributed by atoms with Crippen LogP contribution in [-0.2, 0) is 14.9 Å². The van der Waals surface area contributed by atoms with Crippen LogP contribution < -0.4 is 4.18 Å². The second-order valence-corrected chi connectivity index (χ2v) is 6.59. The number of pyridine rings is 1. The van der Waals surface area contributed by atoms with Crippen molar-refractivity contribution in [1.82, 2.24) is 4.40 Å². The minimum absolute atomic E-state index is 0.193. The Labute approximate surface area is 133 Å². The van der Waals surface area contributed by atoms with E-state index in [2.05, 4.69) is 0 Å². The van der Waals surface area contributed by atoms with Gasteiger partial charge in [0.2, 0.25) is 0 Å². The second-order valence-electron chi connectivity index (χ2n) is 5.02. The number of nitrogens with zero attached hydrogens (tertiary/aromatic N) is 1. The van der Waals surface area contributed by atoms with Gasteiger partial charge in [-0.25, -0.2) is 4.79 Å². The van der Waals surface area contributed by atoms with Crippen molar-refractivity contribution in [2.75, 3.05) is 12.9 Å². The largest absolute Gasteiger partial charge is 0.462 e. The van der Waals surface area contributed by atoms with E-state index in [1.807, 2.05) is 18.2 Å². The van der Waals surface area contributed by atoms with Crippen LogP contribution in [0.5, 0.6) is 5.75 Å². The Hall–Kier alpha value is -2.54. The summed E-state index contributed by atoms with van der Waals surface area (Å²) in [6.45, 7) is 2.02. The molecule has 0 bridgehead atoms. The molecule has 0 aliphatic carbocycles. The molecule has 0 atom stereocenters. The molecule has 0 radical (unpaired) electrons. The van der Waals surface area contributed by atoms with E-state index < -0.39 is 16.1 Å². The molecule has 23 heavy (non-hydrogen) atoms. The Morgan fingerprint density at radius 3 is 2.65 bits per heavy atom. The lowest BCUT2D eigenvalue weighted by atomic mass is 10.1. The van der Waals surface area contributed by atoms with Gasteiger partial charge in [-0.3, -0.25) is 0 Å². The first kappa shape index (κ1) is 15.4. The fourth-order valence-electron chi connectivity index (χ4n) is 2.56. The van der Waals surface area contributed by atoms with Gasteiger partial charge in [0.25, 0.3) is 0 Å². The Kier molecular flexibility index (Phi) is 3.73. The van der Waals surface area contributed by atoms with Crippen molar-refractivity contribution >= 4 is 32.5 Å². The van der Waals surface area contributed by atoms with E-state index in [0.29, 0.717) is 22.0 Å². The van der Waals surface area contributed by atoms with Crippen molar-refractivity contribution in [2.24, 2.45) is 0 Å². The number of hydrogen-bond donors (Lipinski definition) is 0. The molecule has 1 aromatic carbocycles. The van der Waals surface area contributed by atoms with Gasteiger partial charge in [0, 0.05) is 17.6 Å². The highest BCUT2D eigenvalue weighted by molar-refractivity contribution is 7.86. The number of hydrogen-bond acceptors (Lipinski definition) is 5. The third-order valence-electron chi connectivity index (χ3n) is 3.34. The van der Waals surface area contributed by atoms with Gasteiger partial charge in [0.15, 0.2) is 0 Å². The third-order valence-corrected chi connectivity index (χ3v) is 3.84. The zero-order valence-electron chi connectivity index (χ0n) is 12.6. The van der Waals surface area contributed by atoms with Crippen molar-refractivity contribution in [3.63, 3.8) is 0 Å². The molecule has 0 N–H and O–H groups in total. The summed E-state index contributed by atoms with van der Waals surface area (Å²) in [5, 5.41) is 0.676. The summed E-state index contributed by atoms with van der Waals surface area (Å²) in [6.07, 6.45) is 2.78. The molecule has 0 saturated carbocycles. The first-order valence-electron chi connectivity index (χ1n) is 7.00. The first-order valence-corrected chi connectivity index (χ1v) is 8.82. The molecule has 120 valence electrons. The van der Waals surface area contributed by atoms with E-state index in [-0.39, 0.29) is 12.4 Å². The van der Waals surface area contributed by atoms with Crippen LogP contribution in [-0.4, -0.2) is 31.7 Å². The van der Waals surface area contributed by atoms with E-state index >= 15 is 0 Å². The van der Waals surface area contributed by atoms with E-state index in [4.69, 9.17) is 8.92 Å². The number of esters is 1. The van der Waals surface area contributed by atoms with Gasteiger partial charge in [-0.1, -0.05) is 6.07 Å². The van der Waals surface area contributed by atoms with E-state index in [1.165, 1.54) is 6.07 Å². The number of benzene rings is 1. The molecule has 2 aromatic heterocycles. The lowest BCUT2D eigenvalue weighted by Gasteiger charge is -2.03. The van der Waals surface area contributed by atoms with Crippen molar-refractivity contribution < 1.29 is 22.1 Å². The summed E-state index contributed by atoms with van der Waals surface area (Å²) >= 11 is 0. The van der Waals surface area contributed by atoms with Crippen molar-refractivity contribution in [3.8, 4) is 5.75 Å². The highest BCUT2D eigenvalue weighted by Gasteiger charge is 2.19. The van der Waals surface area contributed by atoms with Crippen LogP contribution in [0, 0.1) is 0 Å². The Morgan fingerprint density at radius 1 is 1.17 bits per heavy atom. The van der Waals surface area contributed by atoms with Crippen molar-refractivity contribution in [2.45, 2.75) is 6.92 Å². The van der Waals surface area contributed by atoms with Crippen molar-refractivity contribution in [1.29, 1.82) is 0 Å². The SMILES string of the molecule is CCOC(=O)c1c2ccc(OS(C)(=O)=O)cc2n2ccccc12. The van der Waals surface area contributed by atoms with Crippen LogP contribution >= 0.6 is 0 Å². The predicted molar refractivity (Wildman–Crippen MR) is 86.3 cm³/mol. The summed E-state index contributed by atoms with van der Waals surface area (Å²) < 4.78 is 34.4. The zero-order chi connectivity index (χ0) is 16.6. The second kappa shape index (κ2) is 5.58. The van der Waals surface area contributed by atoms with Gasteiger partial charge in [-0.15, -0.1) is 0 Å². The Balaban J connectivity index is 2.28. The number of carbonyl (C=O) groups is 1. The van der Waals surface area contributed by atoms with Crippen LogP contribution in [0.4, 0.5) is 0 Å². The van der Waals surface area contributed by atoms with Gasteiger partial charge in [0.1, 0.15) is 5.75 Å². The standard InChI is InChI=1S/C16H15NO5S/c1-3-21-16(18)15-12-8-7-11(22-23(2,19)20)10-14(12)17-9-5-4-6-13(15)17/h4-10H,3H2,1-2H3. The minimum Gasteiger partial charge on any atom is -0.462 e. The maximum atomic E-state index is 12.3. The fraction of sp³-hybridized carbons (Fsp3) is 0.188. The first-order chi connectivity index (χ1) is 10.9. The molecular weight excluding hydrogens is 318 g/mol. The molecule has 2 heterocycles. The average Bonchev–Trinajstić information content (AvgIpc) is 2.80. The van der Waals surface area contributed by atoms with Gasteiger partial charge < -0.3 is 13.3 Å². The van der Waals surface area contributed by atoms with Crippen LogP contribution in [0.1, 0.15) is 17.3 Å². The molecule has 3 rings (SSSR count). The molecule has 3 aromatic rings. The molecular formula is C16H15NO5S. The van der Waals surface area contributed by atoms with E-state index in [0.717, 1.165) is 6.26 Å².